The monoisotopic (exact) mass is 408 g/mol. The molecule has 0 saturated carbocycles. The molecular weight excluding hydrogens is 380 g/mol. The van der Waals surface area contributed by atoms with Crippen LogP contribution in [0.2, 0.25) is 0 Å². The van der Waals surface area contributed by atoms with Gasteiger partial charge in [0.15, 0.2) is 0 Å². The van der Waals surface area contributed by atoms with Crippen LogP contribution in [0, 0.1) is 0 Å². The zero-order valence-electron chi connectivity index (χ0n) is 17.3. The number of aromatic nitrogens is 1. The Morgan fingerprint density at radius 1 is 1.14 bits per heavy atom. The Balaban J connectivity index is 1.40. The summed E-state index contributed by atoms with van der Waals surface area (Å²) in [6, 6.07) is 16.9. The molecule has 1 amide bonds. The van der Waals surface area contributed by atoms with Crippen molar-refractivity contribution < 1.29 is 4.79 Å². The second-order valence-corrected chi connectivity index (χ2v) is 9.02. The summed E-state index contributed by atoms with van der Waals surface area (Å²) >= 11 is 1.76. The number of thiazole rings is 1. The van der Waals surface area contributed by atoms with E-state index in [-0.39, 0.29) is 11.9 Å². The maximum absolute atomic E-state index is 12.9. The fraction of sp³-hybridized carbons (Fsp3) is 0.391. The van der Waals surface area contributed by atoms with Gasteiger partial charge in [0.25, 0.3) is 0 Å². The topological polar surface area (TPSA) is 39.7 Å². The zero-order chi connectivity index (χ0) is 20.4. The number of likely N-dealkylation sites (tertiary alicyclic amines) is 1. The van der Waals surface area contributed by atoms with E-state index in [4.69, 9.17) is 4.98 Å². The summed E-state index contributed by atoms with van der Waals surface area (Å²) in [5.74, 6) is 0.162. The van der Waals surface area contributed by atoms with Crippen LogP contribution in [0.15, 0.2) is 48.5 Å². The molecule has 0 N–H and O–H groups in total. The van der Waals surface area contributed by atoms with E-state index in [9.17, 15) is 4.79 Å². The van der Waals surface area contributed by atoms with Crippen LogP contribution in [-0.2, 0) is 11.3 Å². The summed E-state index contributed by atoms with van der Waals surface area (Å²) in [5, 5.41) is 1.14. The summed E-state index contributed by atoms with van der Waals surface area (Å²) < 4.78 is 1.22. The first-order valence-electron chi connectivity index (χ1n) is 10.1. The number of hydrogen-bond acceptors (Lipinski definition) is 5. The first kappa shape index (κ1) is 19.9. The molecule has 1 fully saturated rings. The number of para-hydroxylation sites is 1. The third-order valence-corrected chi connectivity index (χ3v) is 6.73. The summed E-state index contributed by atoms with van der Waals surface area (Å²) in [4.78, 5) is 23.9. The van der Waals surface area contributed by atoms with Crippen molar-refractivity contribution in [3.05, 3.63) is 59.1 Å². The summed E-state index contributed by atoms with van der Waals surface area (Å²) in [7, 11) is 5.95. The molecule has 2 aromatic carbocycles. The Hall–Kier alpha value is -2.44. The van der Waals surface area contributed by atoms with Crippen molar-refractivity contribution in [3.8, 4) is 0 Å². The second-order valence-electron chi connectivity index (χ2n) is 7.96. The average molecular weight is 409 g/mol. The van der Waals surface area contributed by atoms with Crippen molar-refractivity contribution in [1.29, 1.82) is 0 Å². The van der Waals surface area contributed by atoms with Crippen molar-refractivity contribution in [3.63, 3.8) is 0 Å². The molecule has 0 bridgehead atoms. The molecule has 29 heavy (non-hydrogen) atoms. The van der Waals surface area contributed by atoms with Crippen LogP contribution < -0.4 is 4.90 Å². The van der Waals surface area contributed by atoms with Crippen molar-refractivity contribution in [2.45, 2.75) is 25.4 Å². The predicted octanol–water partition coefficient (Wildman–Crippen LogP) is 4.16. The Morgan fingerprint density at radius 3 is 2.62 bits per heavy atom. The molecule has 3 aromatic rings. The van der Waals surface area contributed by atoms with Gasteiger partial charge in [-0.1, -0.05) is 24.3 Å². The molecule has 1 atom stereocenters. The van der Waals surface area contributed by atoms with Gasteiger partial charge in [0.2, 0.25) is 5.91 Å². The highest BCUT2D eigenvalue weighted by molar-refractivity contribution is 7.18. The van der Waals surface area contributed by atoms with Crippen LogP contribution in [0.25, 0.3) is 10.2 Å². The number of nitrogens with zero attached hydrogens (tertiary/aromatic N) is 4. The Labute approximate surface area is 176 Å². The largest absolute Gasteiger partial charge is 0.378 e. The molecule has 0 spiro atoms. The lowest BCUT2D eigenvalue weighted by molar-refractivity contribution is -0.131. The van der Waals surface area contributed by atoms with Crippen LogP contribution in [0.3, 0.4) is 0 Å². The Bertz CT molecular complexity index is 949. The molecule has 1 aliphatic heterocycles. The molecule has 1 aliphatic rings. The SMILES string of the molecule is CN(Cc1ccc(N(C)C)cc1)C(=O)CN1CCCC1c1nc2ccccc2s1. The number of carbonyl (C=O) groups excluding carboxylic acids is 1. The normalized spacial score (nSPS) is 17.0. The van der Waals surface area contributed by atoms with Crippen LogP contribution in [-0.4, -0.2) is 54.9 Å². The highest BCUT2D eigenvalue weighted by Crippen LogP contribution is 2.36. The first-order chi connectivity index (χ1) is 14.0. The Kier molecular flexibility index (Phi) is 5.83. The van der Waals surface area contributed by atoms with E-state index >= 15 is 0 Å². The fourth-order valence-electron chi connectivity index (χ4n) is 3.88. The smallest absolute Gasteiger partial charge is 0.236 e. The molecule has 1 aromatic heterocycles. The number of hydrogen-bond donors (Lipinski definition) is 0. The number of anilines is 1. The molecule has 1 saturated heterocycles. The second kappa shape index (κ2) is 8.51. The minimum Gasteiger partial charge on any atom is -0.378 e. The zero-order valence-corrected chi connectivity index (χ0v) is 18.2. The van der Waals surface area contributed by atoms with E-state index in [1.165, 1.54) is 10.4 Å². The molecule has 0 radical (unpaired) electrons. The number of likely N-dealkylation sites (N-methyl/N-ethyl adjacent to an activating group) is 1. The maximum Gasteiger partial charge on any atom is 0.236 e. The van der Waals surface area contributed by atoms with Crippen molar-refractivity contribution >= 4 is 33.1 Å². The average Bonchev–Trinajstić information content (AvgIpc) is 3.34. The van der Waals surface area contributed by atoms with E-state index in [1.54, 1.807) is 11.3 Å². The number of rotatable bonds is 6. The standard InChI is InChI=1S/C23H28N4OS/c1-25(2)18-12-10-17(11-13-18)15-26(3)22(28)16-27-14-6-8-20(27)23-24-19-7-4-5-9-21(19)29-23/h4-5,7,9-13,20H,6,8,14-16H2,1-3H3. The number of amides is 1. The van der Waals surface area contributed by atoms with Crippen LogP contribution in [0.4, 0.5) is 5.69 Å². The number of fused-ring (bicyclic) bond motifs is 1. The van der Waals surface area contributed by atoms with E-state index in [0.29, 0.717) is 13.1 Å². The van der Waals surface area contributed by atoms with Crippen LogP contribution in [0.1, 0.15) is 29.5 Å². The highest BCUT2D eigenvalue weighted by atomic mass is 32.1. The van der Waals surface area contributed by atoms with Crippen LogP contribution in [0.5, 0.6) is 0 Å². The van der Waals surface area contributed by atoms with Crippen LogP contribution >= 0.6 is 11.3 Å². The Morgan fingerprint density at radius 2 is 1.90 bits per heavy atom. The van der Waals surface area contributed by atoms with E-state index in [0.717, 1.165) is 35.5 Å². The van der Waals surface area contributed by atoms with Crippen molar-refractivity contribution in [2.24, 2.45) is 0 Å². The third kappa shape index (κ3) is 4.43. The van der Waals surface area contributed by atoms with Gasteiger partial charge in [-0.05, 0) is 49.2 Å². The highest BCUT2D eigenvalue weighted by Gasteiger charge is 2.30. The summed E-state index contributed by atoms with van der Waals surface area (Å²) in [6.45, 7) is 2.04. The molecule has 2 heterocycles. The van der Waals surface area contributed by atoms with Gasteiger partial charge in [-0.2, -0.15) is 0 Å². The molecule has 1 unspecified atom stereocenters. The molecule has 152 valence electrons. The van der Waals surface area contributed by atoms with Gasteiger partial charge in [0, 0.05) is 33.4 Å². The lowest BCUT2D eigenvalue weighted by atomic mass is 10.2. The first-order valence-corrected chi connectivity index (χ1v) is 10.9. The maximum atomic E-state index is 12.9. The predicted molar refractivity (Wildman–Crippen MR) is 120 cm³/mol. The van der Waals surface area contributed by atoms with E-state index < -0.39 is 0 Å². The van der Waals surface area contributed by atoms with Gasteiger partial charge in [0.1, 0.15) is 5.01 Å². The number of benzene rings is 2. The minimum atomic E-state index is 0.162. The minimum absolute atomic E-state index is 0.162. The summed E-state index contributed by atoms with van der Waals surface area (Å²) in [5.41, 5.74) is 3.37. The van der Waals surface area contributed by atoms with E-state index in [1.807, 2.05) is 32.1 Å². The van der Waals surface area contributed by atoms with Gasteiger partial charge in [-0.15, -0.1) is 11.3 Å². The fourth-order valence-corrected chi connectivity index (χ4v) is 5.02. The lowest BCUT2D eigenvalue weighted by Crippen LogP contribution is -2.37. The van der Waals surface area contributed by atoms with Crippen molar-refractivity contribution in [2.75, 3.05) is 39.1 Å². The van der Waals surface area contributed by atoms with Gasteiger partial charge in [-0.3, -0.25) is 9.69 Å². The molecule has 0 aliphatic carbocycles. The van der Waals surface area contributed by atoms with Crippen molar-refractivity contribution in [1.82, 2.24) is 14.8 Å². The number of carbonyl (C=O) groups is 1. The molecule has 4 rings (SSSR count). The summed E-state index contributed by atoms with van der Waals surface area (Å²) in [6.07, 6.45) is 2.19. The molecule has 5 nitrogen and oxygen atoms in total. The van der Waals surface area contributed by atoms with Gasteiger partial charge >= 0.3 is 0 Å². The van der Waals surface area contributed by atoms with Gasteiger partial charge < -0.3 is 9.80 Å². The molecule has 6 heteroatoms. The third-order valence-electron chi connectivity index (χ3n) is 5.60. The quantitative estimate of drug-likeness (QED) is 0.614. The lowest BCUT2D eigenvalue weighted by Gasteiger charge is -2.25. The van der Waals surface area contributed by atoms with Gasteiger partial charge in [-0.25, -0.2) is 4.98 Å². The van der Waals surface area contributed by atoms with E-state index in [2.05, 4.69) is 52.3 Å². The van der Waals surface area contributed by atoms with Gasteiger partial charge in [0.05, 0.1) is 22.8 Å². The molecular formula is C23H28N4OS.